The topological polar surface area (TPSA) is 46.2 Å². The van der Waals surface area contributed by atoms with Crippen LogP contribution in [0.15, 0.2) is 24.3 Å². The zero-order chi connectivity index (χ0) is 8.81. The fourth-order valence-corrected chi connectivity index (χ4v) is 0.890. The molecule has 1 aromatic rings. The Balaban J connectivity index is 2.69. The smallest absolute Gasteiger partial charge is 0.119 e. The average Bonchev–Trinajstić information content (AvgIpc) is 2.09. The maximum Gasteiger partial charge on any atom is 0.119 e. The van der Waals surface area contributed by atoms with E-state index >= 15 is 0 Å². The van der Waals surface area contributed by atoms with E-state index in [-0.39, 0.29) is 0 Å². The average molecular weight is 161 g/mol. The first-order chi connectivity index (χ1) is 5.84. The van der Waals surface area contributed by atoms with Gasteiger partial charge in [0.2, 0.25) is 0 Å². The second-order valence-electron chi connectivity index (χ2n) is 2.36. The largest absolute Gasteiger partial charge is 0.508 e. The van der Waals surface area contributed by atoms with Crippen LogP contribution < -0.4 is 5.73 Å². The summed E-state index contributed by atoms with van der Waals surface area (Å²) < 4.78 is 0. The molecule has 0 aliphatic heterocycles. The summed E-state index contributed by atoms with van der Waals surface area (Å²) in [5.41, 5.74) is 6.04. The fourth-order valence-electron chi connectivity index (χ4n) is 0.890. The first-order valence-corrected chi connectivity index (χ1v) is 3.77. The molecule has 0 heterocycles. The van der Waals surface area contributed by atoms with Crippen LogP contribution in [-0.4, -0.2) is 11.7 Å². The van der Waals surface area contributed by atoms with E-state index in [9.17, 15) is 5.11 Å². The Morgan fingerprint density at radius 2 is 2.00 bits per heavy atom. The van der Waals surface area contributed by atoms with Crippen molar-refractivity contribution in [3.8, 4) is 17.6 Å². The fraction of sp³-hybridized carbons (Fsp3) is 0.200. The number of phenolic OH excluding ortho intramolecular Hbond substituents is 1. The summed E-state index contributed by atoms with van der Waals surface area (Å²) in [7, 11) is 0. The number of benzene rings is 1. The molecular weight excluding hydrogens is 150 g/mol. The van der Waals surface area contributed by atoms with Gasteiger partial charge in [0.05, 0.1) is 6.54 Å². The highest BCUT2D eigenvalue weighted by molar-refractivity contribution is 5.34. The molecular formula is C10H11NO. The first kappa shape index (κ1) is 8.63. The third-order valence-electron chi connectivity index (χ3n) is 1.50. The van der Waals surface area contributed by atoms with Gasteiger partial charge in [-0.15, -0.1) is 0 Å². The summed E-state index contributed by atoms with van der Waals surface area (Å²) >= 11 is 0. The van der Waals surface area contributed by atoms with Gasteiger partial charge in [0.1, 0.15) is 5.75 Å². The Bertz CT molecular complexity index is 309. The van der Waals surface area contributed by atoms with Gasteiger partial charge in [-0.1, -0.05) is 30.0 Å². The maximum absolute atomic E-state index is 9.31. The minimum Gasteiger partial charge on any atom is -0.508 e. The number of hydrogen-bond donors (Lipinski definition) is 2. The van der Waals surface area contributed by atoms with E-state index < -0.39 is 0 Å². The Morgan fingerprint density at radius 1 is 1.25 bits per heavy atom. The van der Waals surface area contributed by atoms with Crippen molar-refractivity contribution in [1.82, 2.24) is 0 Å². The molecule has 62 valence electrons. The van der Waals surface area contributed by atoms with Crippen LogP contribution in [-0.2, 0) is 6.42 Å². The van der Waals surface area contributed by atoms with Crippen LogP contribution in [0.1, 0.15) is 5.56 Å². The van der Waals surface area contributed by atoms with Crippen molar-refractivity contribution in [2.75, 3.05) is 6.54 Å². The molecule has 1 aromatic carbocycles. The second-order valence-corrected chi connectivity index (χ2v) is 2.36. The minimum absolute atomic E-state index is 0.295. The van der Waals surface area contributed by atoms with E-state index in [1.165, 1.54) is 0 Å². The van der Waals surface area contributed by atoms with Gasteiger partial charge in [0.15, 0.2) is 0 Å². The quantitative estimate of drug-likeness (QED) is 0.601. The summed E-state index contributed by atoms with van der Waals surface area (Å²) in [5.74, 6) is 5.89. The maximum atomic E-state index is 9.31. The molecule has 1 rings (SSSR count). The number of para-hydroxylation sites is 1. The molecule has 0 saturated heterocycles. The van der Waals surface area contributed by atoms with E-state index in [0.29, 0.717) is 18.7 Å². The summed E-state index contributed by atoms with van der Waals surface area (Å²) in [6.45, 7) is 0.369. The van der Waals surface area contributed by atoms with E-state index in [0.717, 1.165) is 5.56 Å². The van der Waals surface area contributed by atoms with Crippen LogP contribution in [0.25, 0.3) is 0 Å². The van der Waals surface area contributed by atoms with Gasteiger partial charge in [-0.3, -0.25) is 0 Å². The molecule has 0 atom stereocenters. The Labute approximate surface area is 72.0 Å². The lowest BCUT2D eigenvalue weighted by Crippen LogP contribution is -1.93. The van der Waals surface area contributed by atoms with Crippen LogP contribution in [0.5, 0.6) is 5.75 Å². The number of hydrogen-bond acceptors (Lipinski definition) is 2. The molecule has 0 unspecified atom stereocenters. The zero-order valence-corrected chi connectivity index (χ0v) is 6.75. The molecule has 3 N–H and O–H groups in total. The van der Waals surface area contributed by atoms with Crippen LogP contribution in [0, 0.1) is 11.8 Å². The number of nitrogens with two attached hydrogens (primary N) is 1. The minimum atomic E-state index is 0.295. The van der Waals surface area contributed by atoms with Crippen molar-refractivity contribution in [3.05, 3.63) is 29.8 Å². The number of aromatic hydroxyl groups is 1. The monoisotopic (exact) mass is 161 g/mol. The standard InChI is InChI=1S/C10H11NO/c11-8-4-3-6-9-5-1-2-7-10(9)12/h1-2,5,7,12H,6,8,11H2. The molecule has 0 aliphatic carbocycles. The van der Waals surface area contributed by atoms with Crippen molar-refractivity contribution in [2.24, 2.45) is 5.73 Å². The molecule has 0 spiro atoms. The molecule has 0 saturated carbocycles. The third kappa shape index (κ3) is 2.30. The first-order valence-electron chi connectivity index (χ1n) is 3.77. The molecule has 0 aliphatic rings. The van der Waals surface area contributed by atoms with Crippen molar-refractivity contribution < 1.29 is 5.11 Å². The van der Waals surface area contributed by atoms with Crippen molar-refractivity contribution in [2.45, 2.75) is 6.42 Å². The summed E-state index contributed by atoms with van der Waals surface area (Å²) in [4.78, 5) is 0. The SMILES string of the molecule is NCC#CCc1ccccc1O. The van der Waals surface area contributed by atoms with E-state index in [1.807, 2.05) is 12.1 Å². The Kier molecular flexibility index (Phi) is 3.18. The van der Waals surface area contributed by atoms with E-state index in [1.54, 1.807) is 12.1 Å². The van der Waals surface area contributed by atoms with E-state index in [2.05, 4.69) is 11.8 Å². The van der Waals surface area contributed by atoms with Gasteiger partial charge in [-0.05, 0) is 6.07 Å². The summed E-state index contributed by atoms with van der Waals surface area (Å²) in [6.07, 6.45) is 0.559. The van der Waals surface area contributed by atoms with Crippen LogP contribution in [0.3, 0.4) is 0 Å². The predicted octanol–water partition coefficient (Wildman–Crippen LogP) is 0.897. The molecule has 0 aromatic heterocycles. The Hall–Kier alpha value is -1.46. The van der Waals surface area contributed by atoms with E-state index in [4.69, 9.17) is 5.73 Å². The predicted molar refractivity (Wildman–Crippen MR) is 48.6 cm³/mol. The number of rotatable bonds is 1. The molecule has 0 fully saturated rings. The molecule has 0 amide bonds. The molecule has 0 bridgehead atoms. The normalized spacial score (nSPS) is 8.75. The van der Waals surface area contributed by atoms with Crippen LogP contribution >= 0.6 is 0 Å². The summed E-state index contributed by atoms with van der Waals surface area (Å²) in [6, 6.07) is 7.16. The highest BCUT2D eigenvalue weighted by Gasteiger charge is 1.94. The number of phenols is 1. The Morgan fingerprint density at radius 3 is 2.67 bits per heavy atom. The lowest BCUT2D eigenvalue weighted by atomic mass is 10.1. The lowest BCUT2D eigenvalue weighted by molar-refractivity contribution is 0.470. The van der Waals surface area contributed by atoms with Gasteiger partial charge in [0, 0.05) is 12.0 Å². The second kappa shape index (κ2) is 4.42. The lowest BCUT2D eigenvalue weighted by Gasteiger charge is -1.97. The third-order valence-corrected chi connectivity index (χ3v) is 1.50. The van der Waals surface area contributed by atoms with Gasteiger partial charge >= 0.3 is 0 Å². The highest BCUT2D eigenvalue weighted by atomic mass is 16.3. The van der Waals surface area contributed by atoms with Crippen LogP contribution in [0.4, 0.5) is 0 Å². The highest BCUT2D eigenvalue weighted by Crippen LogP contribution is 2.15. The summed E-state index contributed by atoms with van der Waals surface area (Å²) in [5, 5.41) is 9.31. The van der Waals surface area contributed by atoms with Crippen molar-refractivity contribution in [3.63, 3.8) is 0 Å². The van der Waals surface area contributed by atoms with Gasteiger partial charge in [0.25, 0.3) is 0 Å². The molecule has 12 heavy (non-hydrogen) atoms. The van der Waals surface area contributed by atoms with Crippen LogP contribution in [0.2, 0.25) is 0 Å². The zero-order valence-electron chi connectivity index (χ0n) is 6.75. The van der Waals surface area contributed by atoms with Crippen molar-refractivity contribution >= 4 is 0 Å². The van der Waals surface area contributed by atoms with Gasteiger partial charge < -0.3 is 10.8 Å². The van der Waals surface area contributed by atoms with Crippen molar-refractivity contribution in [1.29, 1.82) is 0 Å². The molecule has 2 heteroatoms. The van der Waals surface area contributed by atoms with Gasteiger partial charge in [-0.2, -0.15) is 0 Å². The molecule has 0 radical (unpaired) electrons. The van der Waals surface area contributed by atoms with Gasteiger partial charge in [-0.25, -0.2) is 0 Å². The molecule has 2 nitrogen and oxygen atoms in total.